The molecule has 0 atom stereocenters. The maximum atomic E-state index is 11.8. The normalized spacial score (nSPS) is 13.7. The molecule has 17 heavy (non-hydrogen) atoms. The molecule has 4 heteroatoms. The number of methoxy groups -OCH3 is 1. The quantitative estimate of drug-likeness (QED) is 0.853. The van der Waals surface area contributed by atoms with Gasteiger partial charge in [-0.2, -0.15) is 0 Å². The number of hydrogen-bond acceptors (Lipinski definition) is 2. The first-order valence-electron chi connectivity index (χ1n) is 5.77. The Hall–Kier alpha value is -1.97. The van der Waals surface area contributed by atoms with Gasteiger partial charge in [-0.05, 0) is 31.4 Å². The number of H-pyrrole nitrogens is 1. The molecule has 1 aliphatic carbocycles. The minimum atomic E-state index is 0.0309. The predicted octanol–water partition coefficient (Wildman–Crippen LogP) is 1.66. The van der Waals surface area contributed by atoms with Crippen LogP contribution in [0.5, 0.6) is 5.75 Å². The molecule has 3 rings (SSSR count). The van der Waals surface area contributed by atoms with E-state index in [0.29, 0.717) is 0 Å². The van der Waals surface area contributed by atoms with Crippen molar-refractivity contribution in [2.45, 2.75) is 19.3 Å². The number of para-hydroxylation sites is 2. The fourth-order valence-corrected chi connectivity index (χ4v) is 2.48. The first-order valence-corrected chi connectivity index (χ1v) is 5.77. The summed E-state index contributed by atoms with van der Waals surface area (Å²) in [6.45, 7) is 0. The van der Waals surface area contributed by atoms with Gasteiger partial charge in [-0.15, -0.1) is 0 Å². The molecule has 0 aliphatic heterocycles. The van der Waals surface area contributed by atoms with Gasteiger partial charge >= 0.3 is 0 Å². The van der Waals surface area contributed by atoms with Crippen LogP contribution in [0.2, 0.25) is 0 Å². The van der Waals surface area contributed by atoms with Gasteiger partial charge in [0.1, 0.15) is 11.4 Å². The van der Waals surface area contributed by atoms with Gasteiger partial charge in [0.25, 0.3) is 5.56 Å². The Labute approximate surface area is 98.8 Å². The zero-order valence-electron chi connectivity index (χ0n) is 9.69. The van der Waals surface area contributed by atoms with Gasteiger partial charge < -0.3 is 4.74 Å². The number of nitrogens with one attached hydrogen (secondary N) is 1. The minimum absolute atomic E-state index is 0.0309. The summed E-state index contributed by atoms with van der Waals surface area (Å²) in [5.41, 5.74) is 2.95. The van der Waals surface area contributed by atoms with Crippen LogP contribution < -0.4 is 10.3 Å². The van der Waals surface area contributed by atoms with Crippen LogP contribution in [-0.2, 0) is 12.8 Å². The lowest BCUT2D eigenvalue weighted by atomic mass is 10.2. The second kappa shape index (κ2) is 3.80. The minimum Gasteiger partial charge on any atom is -0.494 e. The van der Waals surface area contributed by atoms with Gasteiger partial charge in [-0.3, -0.25) is 14.6 Å². The van der Waals surface area contributed by atoms with Crippen LogP contribution in [0.3, 0.4) is 0 Å². The van der Waals surface area contributed by atoms with Crippen LogP contribution >= 0.6 is 0 Å². The number of hydrogen-bond donors (Lipinski definition) is 1. The van der Waals surface area contributed by atoms with E-state index in [1.165, 1.54) is 0 Å². The second-order valence-electron chi connectivity index (χ2n) is 4.23. The highest BCUT2D eigenvalue weighted by Gasteiger charge is 2.21. The summed E-state index contributed by atoms with van der Waals surface area (Å²) in [7, 11) is 1.64. The van der Waals surface area contributed by atoms with Crippen LogP contribution in [0.1, 0.15) is 17.7 Å². The van der Waals surface area contributed by atoms with E-state index >= 15 is 0 Å². The predicted molar refractivity (Wildman–Crippen MR) is 65.0 cm³/mol. The molecule has 88 valence electrons. The van der Waals surface area contributed by atoms with Crippen molar-refractivity contribution in [3.8, 4) is 11.4 Å². The molecule has 0 bridgehead atoms. The molecule has 1 aromatic carbocycles. The smallest absolute Gasteiger partial charge is 0.267 e. The highest BCUT2D eigenvalue weighted by Crippen LogP contribution is 2.26. The average molecular weight is 230 g/mol. The molecule has 2 aromatic rings. The van der Waals surface area contributed by atoms with Crippen molar-refractivity contribution < 1.29 is 4.74 Å². The summed E-state index contributed by atoms with van der Waals surface area (Å²) >= 11 is 0. The molecule has 0 unspecified atom stereocenters. The van der Waals surface area contributed by atoms with Gasteiger partial charge in [0, 0.05) is 11.3 Å². The van der Waals surface area contributed by atoms with Crippen molar-refractivity contribution in [2.75, 3.05) is 7.11 Å². The number of ether oxygens (including phenoxy) is 1. The number of aromatic amines is 1. The number of nitrogens with zero attached hydrogens (tertiary/aromatic N) is 1. The third-order valence-corrected chi connectivity index (χ3v) is 3.27. The Balaban J connectivity index is 2.22. The van der Waals surface area contributed by atoms with E-state index in [4.69, 9.17) is 4.74 Å². The topological polar surface area (TPSA) is 47.0 Å². The Morgan fingerprint density at radius 3 is 2.94 bits per heavy atom. The van der Waals surface area contributed by atoms with E-state index in [2.05, 4.69) is 5.10 Å². The summed E-state index contributed by atoms with van der Waals surface area (Å²) < 4.78 is 7.19. The molecule has 0 amide bonds. The van der Waals surface area contributed by atoms with E-state index in [0.717, 1.165) is 42.0 Å². The highest BCUT2D eigenvalue weighted by molar-refractivity contribution is 5.48. The average Bonchev–Trinajstić information content (AvgIpc) is 2.94. The number of fused-ring (bicyclic) bond motifs is 1. The molecular formula is C13H14N2O2. The van der Waals surface area contributed by atoms with Gasteiger partial charge in [0.2, 0.25) is 0 Å². The van der Waals surface area contributed by atoms with Crippen LogP contribution in [0.4, 0.5) is 0 Å². The van der Waals surface area contributed by atoms with Gasteiger partial charge in [0.05, 0.1) is 7.11 Å². The number of aromatic nitrogens is 2. The van der Waals surface area contributed by atoms with E-state index in [1.807, 2.05) is 28.9 Å². The summed E-state index contributed by atoms with van der Waals surface area (Å²) in [4.78, 5) is 11.8. The first-order chi connectivity index (χ1) is 8.31. The summed E-state index contributed by atoms with van der Waals surface area (Å²) in [6, 6.07) is 7.71. The molecule has 1 heterocycles. The molecule has 1 aromatic heterocycles. The Morgan fingerprint density at radius 1 is 1.29 bits per heavy atom. The fourth-order valence-electron chi connectivity index (χ4n) is 2.48. The van der Waals surface area contributed by atoms with Crippen molar-refractivity contribution >= 4 is 0 Å². The molecular weight excluding hydrogens is 216 g/mol. The fraction of sp³-hybridized carbons (Fsp3) is 0.308. The third-order valence-electron chi connectivity index (χ3n) is 3.27. The van der Waals surface area contributed by atoms with E-state index in [9.17, 15) is 4.79 Å². The SMILES string of the molecule is COc1ccccc1-n1[nH]c(=O)c2c1CCC2. The van der Waals surface area contributed by atoms with E-state index in [1.54, 1.807) is 7.11 Å². The molecule has 0 saturated heterocycles. The monoisotopic (exact) mass is 230 g/mol. The van der Waals surface area contributed by atoms with Crippen LogP contribution in [0.25, 0.3) is 5.69 Å². The lowest BCUT2D eigenvalue weighted by molar-refractivity contribution is 0.411. The second-order valence-corrected chi connectivity index (χ2v) is 4.23. The van der Waals surface area contributed by atoms with Crippen LogP contribution in [-0.4, -0.2) is 16.9 Å². The van der Waals surface area contributed by atoms with Crippen LogP contribution in [0, 0.1) is 0 Å². The number of benzene rings is 1. The largest absolute Gasteiger partial charge is 0.494 e. The van der Waals surface area contributed by atoms with Crippen molar-refractivity contribution in [1.29, 1.82) is 0 Å². The Kier molecular flexibility index (Phi) is 2.28. The molecule has 0 spiro atoms. The molecule has 1 N–H and O–H groups in total. The van der Waals surface area contributed by atoms with Crippen molar-refractivity contribution in [1.82, 2.24) is 9.78 Å². The molecule has 1 aliphatic rings. The zero-order chi connectivity index (χ0) is 11.8. The molecule has 0 radical (unpaired) electrons. The van der Waals surface area contributed by atoms with Gasteiger partial charge in [-0.1, -0.05) is 12.1 Å². The summed E-state index contributed by atoms with van der Waals surface area (Å²) in [5.74, 6) is 0.772. The number of rotatable bonds is 2. The molecule has 0 saturated carbocycles. The summed E-state index contributed by atoms with van der Waals surface area (Å²) in [5, 5.41) is 2.89. The lowest BCUT2D eigenvalue weighted by Crippen LogP contribution is -2.08. The first kappa shape index (κ1) is 10.2. The maximum Gasteiger partial charge on any atom is 0.267 e. The van der Waals surface area contributed by atoms with Gasteiger partial charge in [0.15, 0.2) is 0 Å². The maximum absolute atomic E-state index is 11.8. The Bertz CT molecular complexity index is 610. The Morgan fingerprint density at radius 2 is 2.12 bits per heavy atom. The van der Waals surface area contributed by atoms with Crippen LogP contribution in [0.15, 0.2) is 29.1 Å². The standard InChI is InChI=1S/C13H14N2O2/c1-17-12-8-3-2-6-11(12)15-10-7-4-5-9(10)13(16)14-15/h2-3,6,8H,4-5,7H2,1H3,(H,14,16). The highest BCUT2D eigenvalue weighted by atomic mass is 16.5. The van der Waals surface area contributed by atoms with Gasteiger partial charge in [-0.25, -0.2) is 0 Å². The third kappa shape index (κ3) is 1.48. The van der Waals surface area contributed by atoms with Crippen molar-refractivity contribution in [3.63, 3.8) is 0 Å². The lowest BCUT2D eigenvalue weighted by Gasteiger charge is -2.10. The molecule has 4 nitrogen and oxygen atoms in total. The zero-order valence-corrected chi connectivity index (χ0v) is 9.69. The summed E-state index contributed by atoms with van der Waals surface area (Å²) in [6.07, 6.45) is 2.89. The van der Waals surface area contributed by atoms with Crippen molar-refractivity contribution in [2.24, 2.45) is 0 Å². The van der Waals surface area contributed by atoms with E-state index < -0.39 is 0 Å². The van der Waals surface area contributed by atoms with E-state index in [-0.39, 0.29) is 5.56 Å². The molecule has 0 fully saturated rings. The van der Waals surface area contributed by atoms with Crippen molar-refractivity contribution in [3.05, 3.63) is 45.9 Å².